The van der Waals surface area contributed by atoms with E-state index in [0.29, 0.717) is 11.1 Å². The number of halogens is 2. The normalized spacial score (nSPS) is 19.4. The van der Waals surface area contributed by atoms with Crippen molar-refractivity contribution in [3.63, 3.8) is 0 Å². The number of benzene rings is 1. The SMILES string of the molecule is CC1CN(c2ncc(Cl)cc2Br)CCN1Cc1ccccc1. The van der Waals surface area contributed by atoms with Gasteiger partial charge in [-0.2, -0.15) is 0 Å². The highest BCUT2D eigenvalue weighted by Crippen LogP contribution is 2.28. The first kappa shape index (κ1) is 15.8. The third-order valence-corrected chi connectivity index (χ3v) is 4.87. The maximum Gasteiger partial charge on any atom is 0.143 e. The Kier molecular flexibility index (Phi) is 5.01. The van der Waals surface area contributed by atoms with Crippen molar-refractivity contribution in [3.8, 4) is 0 Å². The second-order valence-corrected chi connectivity index (χ2v) is 7.00. The second kappa shape index (κ2) is 6.99. The first-order chi connectivity index (χ1) is 10.6. The molecule has 3 rings (SSSR count). The van der Waals surface area contributed by atoms with Gasteiger partial charge in [-0.05, 0) is 34.5 Å². The van der Waals surface area contributed by atoms with Crippen molar-refractivity contribution in [3.05, 3.63) is 57.7 Å². The summed E-state index contributed by atoms with van der Waals surface area (Å²) in [6.45, 7) is 6.27. The third-order valence-electron chi connectivity index (χ3n) is 4.08. The maximum absolute atomic E-state index is 5.98. The highest BCUT2D eigenvalue weighted by atomic mass is 79.9. The van der Waals surface area contributed by atoms with E-state index in [-0.39, 0.29) is 0 Å². The largest absolute Gasteiger partial charge is 0.353 e. The van der Waals surface area contributed by atoms with Gasteiger partial charge in [-0.1, -0.05) is 41.9 Å². The van der Waals surface area contributed by atoms with Crippen LogP contribution in [0.25, 0.3) is 0 Å². The maximum atomic E-state index is 5.98. The van der Waals surface area contributed by atoms with Gasteiger partial charge in [-0.25, -0.2) is 4.98 Å². The topological polar surface area (TPSA) is 19.4 Å². The molecule has 1 aromatic carbocycles. The Morgan fingerprint density at radius 3 is 2.73 bits per heavy atom. The molecular formula is C17H19BrClN3. The Morgan fingerprint density at radius 1 is 1.27 bits per heavy atom. The van der Waals surface area contributed by atoms with Crippen LogP contribution in [0.1, 0.15) is 12.5 Å². The van der Waals surface area contributed by atoms with Gasteiger partial charge in [0.2, 0.25) is 0 Å². The van der Waals surface area contributed by atoms with Crippen molar-refractivity contribution in [1.82, 2.24) is 9.88 Å². The summed E-state index contributed by atoms with van der Waals surface area (Å²) in [6, 6.07) is 13.0. The van der Waals surface area contributed by atoms with E-state index in [4.69, 9.17) is 11.6 Å². The van der Waals surface area contributed by atoms with Gasteiger partial charge in [0.05, 0.1) is 9.50 Å². The quantitative estimate of drug-likeness (QED) is 0.795. The molecular weight excluding hydrogens is 362 g/mol. The predicted octanol–water partition coefficient (Wildman–Crippen LogP) is 4.21. The highest BCUT2D eigenvalue weighted by Gasteiger charge is 2.25. The van der Waals surface area contributed by atoms with Crippen molar-refractivity contribution >= 4 is 33.3 Å². The molecule has 0 aliphatic carbocycles. The third kappa shape index (κ3) is 3.62. The standard InChI is InChI=1S/C17H19BrClN3/c1-13-11-22(17-16(18)9-15(19)10-20-17)8-7-21(13)12-14-5-3-2-4-6-14/h2-6,9-10,13H,7-8,11-12H2,1H3. The van der Waals surface area contributed by atoms with Gasteiger partial charge in [0.15, 0.2) is 0 Å². The fourth-order valence-corrected chi connectivity index (χ4v) is 3.77. The molecule has 2 aromatic rings. The number of anilines is 1. The molecule has 5 heteroatoms. The Balaban J connectivity index is 1.67. The number of nitrogens with zero attached hydrogens (tertiary/aromatic N) is 3. The summed E-state index contributed by atoms with van der Waals surface area (Å²) in [6.07, 6.45) is 1.71. The number of hydrogen-bond donors (Lipinski definition) is 0. The summed E-state index contributed by atoms with van der Waals surface area (Å²) in [7, 11) is 0. The van der Waals surface area contributed by atoms with Crippen LogP contribution < -0.4 is 4.90 Å². The summed E-state index contributed by atoms with van der Waals surface area (Å²) in [5, 5.41) is 0.659. The molecule has 0 N–H and O–H groups in total. The zero-order valence-electron chi connectivity index (χ0n) is 12.5. The van der Waals surface area contributed by atoms with Crippen LogP contribution in [0.2, 0.25) is 5.02 Å². The first-order valence-corrected chi connectivity index (χ1v) is 8.64. The molecule has 1 fully saturated rings. The summed E-state index contributed by atoms with van der Waals surface area (Å²) >= 11 is 9.55. The van der Waals surface area contributed by atoms with E-state index >= 15 is 0 Å². The molecule has 1 aliphatic rings. The molecule has 116 valence electrons. The van der Waals surface area contributed by atoms with Crippen LogP contribution in [0.3, 0.4) is 0 Å². The lowest BCUT2D eigenvalue weighted by atomic mass is 10.1. The number of piperazine rings is 1. The van der Waals surface area contributed by atoms with Crippen LogP contribution in [0, 0.1) is 0 Å². The van der Waals surface area contributed by atoms with Crippen LogP contribution in [-0.2, 0) is 6.54 Å². The predicted molar refractivity (Wildman–Crippen MR) is 95.5 cm³/mol. The van der Waals surface area contributed by atoms with E-state index in [0.717, 1.165) is 36.5 Å². The molecule has 0 radical (unpaired) electrons. The summed E-state index contributed by atoms with van der Waals surface area (Å²) in [5.41, 5.74) is 1.37. The van der Waals surface area contributed by atoms with Crippen molar-refractivity contribution < 1.29 is 0 Å². The average Bonchev–Trinajstić information content (AvgIpc) is 2.50. The van der Waals surface area contributed by atoms with Crippen LogP contribution in [0.4, 0.5) is 5.82 Å². The van der Waals surface area contributed by atoms with E-state index in [2.05, 4.69) is 68.0 Å². The molecule has 2 heterocycles. The Labute approximate surface area is 145 Å². The van der Waals surface area contributed by atoms with Gasteiger partial charge in [-0.15, -0.1) is 0 Å². The van der Waals surface area contributed by atoms with Gasteiger partial charge in [0.1, 0.15) is 5.82 Å². The van der Waals surface area contributed by atoms with Crippen molar-refractivity contribution in [2.45, 2.75) is 19.5 Å². The molecule has 0 amide bonds. The fourth-order valence-electron chi connectivity index (χ4n) is 2.88. The van der Waals surface area contributed by atoms with E-state index in [1.54, 1.807) is 6.20 Å². The van der Waals surface area contributed by atoms with E-state index in [1.807, 2.05) is 6.07 Å². The molecule has 1 atom stereocenters. The van der Waals surface area contributed by atoms with Crippen molar-refractivity contribution in [1.29, 1.82) is 0 Å². The van der Waals surface area contributed by atoms with Crippen molar-refractivity contribution in [2.24, 2.45) is 0 Å². The lowest BCUT2D eigenvalue weighted by Gasteiger charge is -2.40. The minimum absolute atomic E-state index is 0.485. The van der Waals surface area contributed by atoms with Gasteiger partial charge in [0.25, 0.3) is 0 Å². The molecule has 0 spiro atoms. The van der Waals surface area contributed by atoms with Crippen molar-refractivity contribution in [2.75, 3.05) is 24.5 Å². The Hall–Kier alpha value is -1.10. The van der Waals surface area contributed by atoms with Crippen LogP contribution in [0.5, 0.6) is 0 Å². The second-order valence-electron chi connectivity index (χ2n) is 5.71. The van der Waals surface area contributed by atoms with Gasteiger partial charge in [0, 0.05) is 38.4 Å². The lowest BCUT2D eigenvalue weighted by Crippen LogP contribution is -2.51. The zero-order valence-corrected chi connectivity index (χ0v) is 14.9. The van der Waals surface area contributed by atoms with Gasteiger partial charge < -0.3 is 4.90 Å². The number of pyridine rings is 1. The first-order valence-electron chi connectivity index (χ1n) is 7.47. The van der Waals surface area contributed by atoms with Gasteiger partial charge >= 0.3 is 0 Å². The van der Waals surface area contributed by atoms with E-state index < -0.39 is 0 Å². The molecule has 1 saturated heterocycles. The van der Waals surface area contributed by atoms with Crippen LogP contribution >= 0.6 is 27.5 Å². The Bertz CT molecular complexity index is 635. The number of rotatable bonds is 3. The van der Waals surface area contributed by atoms with Crippen LogP contribution in [0.15, 0.2) is 47.1 Å². The Morgan fingerprint density at radius 2 is 2.05 bits per heavy atom. The summed E-state index contributed by atoms with van der Waals surface area (Å²) in [5.74, 6) is 0.982. The fraction of sp³-hybridized carbons (Fsp3) is 0.353. The lowest BCUT2D eigenvalue weighted by molar-refractivity contribution is 0.180. The minimum Gasteiger partial charge on any atom is -0.353 e. The van der Waals surface area contributed by atoms with E-state index in [9.17, 15) is 0 Å². The zero-order chi connectivity index (χ0) is 15.5. The summed E-state index contributed by atoms with van der Waals surface area (Å²) < 4.78 is 0.962. The molecule has 0 saturated carbocycles. The smallest absolute Gasteiger partial charge is 0.143 e. The monoisotopic (exact) mass is 379 g/mol. The number of aromatic nitrogens is 1. The molecule has 1 aromatic heterocycles. The molecule has 0 bridgehead atoms. The minimum atomic E-state index is 0.485. The van der Waals surface area contributed by atoms with E-state index in [1.165, 1.54) is 5.56 Å². The summed E-state index contributed by atoms with van der Waals surface area (Å²) in [4.78, 5) is 9.32. The average molecular weight is 381 g/mol. The molecule has 3 nitrogen and oxygen atoms in total. The number of hydrogen-bond acceptors (Lipinski definition) is 3. The van der Waals surface area contributed by atoms with Crippen LogP contribution in [-0.4, -0.2) is 35.6 Å². The highest BCUT2D eigenvalue weighted by molar-refractivity contribution is 9.10. The van der Waals surface area contributed by atoms with Gasteiger partial charge in [-0.3, -0.25) is 4.90 Å². The molecule has 1 aliphatic heterocycles. The molecule has 1 unspecified atom stereocenters. The molecule has 22 heavy (non-hydrogen) atoms.